The largest absolute Gasteiger partial charge is 0.438 e. The van der Waals surface area contributed by atoms with Crippen molar-refractivity contribution in [1.29, 1.82) is 0 Å². The Morgan fingerprint density at radius 3 is 2.33 bits per heavy atom. The monoisotopic (exact) mass is 420 g/mol. The molecule has 0 unspecified atom stereocenters. The fourth-order valence-electron chi connectivity index (χ4n) is 3.70. The van der Waals surface area contributed by atoms with Gasteiger partial charge in [0.2, 0.25) is 5.88 Å². The lowest BCUT2D eigenvalue weighted by Crippen LogP contribution is -2.22. The maximum atomic E-state index is 13.0. The molecule has 0 spiro atoms. The normalized spacial score (nSPS) is 17.4. The van der Waals surface area contributed by atoms with Gasteiger partial charge in [-0.15, -0.1) is 0 Å². The molecule has 4 rings (SSSR count). The van der Waals surface area contributed by atoms with Gasteiger partial charge in [-0.3, -0.25) is 4.79 Å². The molecule has 0 saturated heterocycles. The average molecular weight is 421 g/mol. The first-order valence-corrected chi connectivity index (χ1v) is 11.6. The lowest BCUT2D eigenvalue weighted by molar-refractivity contribution is -0.110. The molecule has 0 saturated carbocycles. The Morgan fingerprint density at radius 1 is 0.900 bits per heavy atom. The van der Waals surface area contributed by atoms with Crippen LogP contribution in [0.15, 0.2) is 76.5 Å². The van der Waals surface area contributed by atoms with Crippen LogP contribution in [0.5, 0.6) is 5.75 Å². The molecule has 0 aliphatic carbocycles. The third kappa shape index (κ3) is 4.26. The molecule has 0 bridgehead atoms. The van der Waals surface area contributed by atoms with E-state index >= 15 is 0 Å². The van der Waals surface area contributed by atoms with Gasteiger partial charge in [0.15, 0.2) is 11.5 Å². The molecule has 0 N–H and O–H groups in total. The molecule has 156 valence electrons. The fourth-order valence-corrected chi connectivity index (χ4v) is 4.83. The minimum atomic E-state index is -0.0453. The summed E-state index contributed by atoms with van der Waals surface area (Å²) >= 11 is 1.67. The first-order valence-electron chi connectivity index (χ1n) is 10.8. The van der Waals surface area contributed by atoms with Crippen LogP contribution in [-0.4, -0.2) is 18.9 Å². The van der Waals surface area contributed by atoms with E-state index in [2.05, 4.69) is 41.8 Å². The van der Waals surface area contributed by atoms with Gasteiger partial charge in [-0.05, 0) is 37.1 Å². The second-order valence-corrected chi connectivity index (χ2v) is 8.58. The van der Waals surface area contributed by atoms with Crippen molar-refractivity contribution in [2.45, 2.75) is 44.4 Å². The molecule has 0 fully saturated rings. The number of anilines is 2. The van der Waals surface area contributed by atoms with Crippen molar-refractivity contribution in [3.8, 4) is 5.75 Å². The van der Waals surface area contributed by atoms with E-state index < -0.39 is 0 Å². The minimum Gasteiger partial charge on any atom is -0.438 e. The summed E-state index contributed by atoms with van der Waals surface area (Å²) < 4.78 is 6.02. The number of nitrogens with zero attached hydrogens (tertiary/aromatic N) is 2. The molecule has 2 aromatic carbocycles. The van der Waals surface area contributed by atoms with E-state index in [0.717, 1.165) is 55.2 Å². The first kappa shape index (κ1) is 20.6. The number of thioether (sulfide) groups is 1. The zero-order valence-electron chi connectivity index (χ0n) is 17.6. The highest BCUT2D eigenvalue weighted by Crippen LogP contribution is 2.46. The SMILES string of the molecule is CCCCN1/C(=C/C(=O)/C=C2\Sc3ccccc3N2CCCC)Oc2ccccc21. The number of hydrogen-bond donors (Lipinski definition) is 0. The van der Waals surface area contributed by atoms with Crippen molar-refractivity contribution in [2.24, 2.45) is 0 Å². The second-order valence-electron chi connectivity index (χ2n) is 7.52. The maximum Gasteiger partial charge on any atom is 0.204 e. The molecule has 0 aromatic heterocycles. The fraction of sp³-hybridized carbons (Fsp3) is 0.320. The van der Waals surface area contributed by atoms with Crippen molar-refractivity contribution in [3.05, 3.63) is 71.6 Å². The van der Waals surface area contributed by atoms with Gasteiger partial charge in [0.05, 0.1) is 16.4 Å². The number of allylic oxidation sites excluding steroid dienone is 2. The zero-order valence-corrected chi connectivity index (χ0v) is 18.5. The van der Waals surface area contributed by atoms with Crippen LogP contribution in [0, 0.1) is 0 Å². The van der Waals surface area contributed by atoms with E-state index in [0.29, 0.717) is 5.88 Å². The van der Waals surface area contributed by atoms with E-state index in [4.69, 9.17) is 4.74 Å². The van der Waals surface area contributed by atoms with Gasteiger partial charge < -0.3 is 14.5 Å². The molecular weight excluding hydrogens is 392 g/mol. The highest BCUT2D eigenvalue weighted by Gasteiger charge is 2.27. The van der Waals surface area contributed by atoms with Crippen molar-refractivity contribution in [1.82, 2.24) is 0 Å². The molecule has 2 aliphatic rings. The molecule has 0 radical (unpaired) electrons. The van der Waals surface area contributed by atoms with Gasteiger partial charge in [0.1, 0.15) is 0 Å². The van der Waals surface area contributed by atoms with Crippen molar-refractivity contribution in [3.63, 3.8) is 0 Å². The Morgan fingerprint density at radius 2 is 1.57 bits per heavy atom. The lowest BCUT2D eigenvalue weighted by Gasteiger charge is -2.20. The number of para-hydroxylation sites is 3. The topological polar surface area (TPSA) is 32.8 Å². The quantitative estimate of drug-likeness (QED) is 0.465. The number of carbonyl (C=O) groups is 1. The van der Waals surface area contributed by atoms with Crippen LogP contribution in [0.4, 0.5) is 11.4 Å². The molecule has 5 heteroatoms. The average Bonchev–Trinajstić information content (AvgIpc) is 3.27. The Balaban J connectivity index is 1.58. The molecule has 2 aromatic rings. The smallest absolute Gasteiger partial charge is 0.204 e. The van der Waals surface area contributed by atoms with Crippen LogP contribution in [0.1, 0.15) is 39.5 Å². The zero-order chi connectivity index (χ0) is 20.9. The summed E-state index contributed by atoms with van der Waals surface area (Å²) in [6, 6.07) is 16.3. The minimum absolute atomic E-state index is 0.0453. The summed E-state index contributed by atoms with van der Waals surface area (Å²) in [6.07, 6.45) is 7.71. The molecule has 2 aliphatic heterocycles. The number of unbranched alkanes of at least 4 members (excludes halogenated alkanes) is 2. The molecule has 0 atom stereocenters. The molecule has 4 nitrogen and oxygen atoms in total. The van der Waals surface area contributed by atoms with E-state index in [9.17, 15) is 4.79 Å². The number of fused-ring (bicyclic) bond motifs is 2. The van der Waals surface area contributed by atoms with Crippen LogP contribution in [0.25, 0.3) is 0 Å². The van der Waals surface area contributed by atoms with Gasteiger partial charge >= 0.3 is 0 Å². The molecule has 0 amide bonds. The first-order chi connectivity index (χ1) is 14.7. The Kier molecular flexibility index (Phi) is 6.48. The second kappa shape index (κ2) is 9.43. The van der Waals surface area contributed by atoms with Crippen LogP contribution in [0.3, 0.4) is 0 Å². The number of hydrogen-bond acceptors (Lipinski definition) is 5. The predicted molar refractivity (Wildman–Crippen MR) is 125 cm³/mol. The van der Waals surface area contributed by atoms with Crippen LogP contribution >= 0.6 is 11.8 Å². The van der Waals surface area contributed by atoms with E-state index in [-0.39, 0.29) is 5.78 Å². The van der Waals surface area contributed by atoms with Gasteiger partial charge in [-0.1, -0.05) is 62.7 Å². The predicted octanol–water partition coefficient (Wildman–Crippen LogP) is 6.35. The van der Waals surface area contributed by atoms with Gasteiger partial charge in [-0.25, -0.2) is 0 Å². The van der Waals surface area contributed by atoms with Gasteiger partial charge in [0, 0.05) is 30.1 Å². The van der Waals surface area contributed by atoms with E-state index in [1.807, 2.05) is 30.3 Å². The summed E-state index contributed by atoms with van der Waals surface area (Å²) in [5.74, 6) is 1.38. The van der Waals surface area contributed by atoms with E-state index in [1.54, 1.807) is 23.9 Å². The summed E-state index contributed by atoms with van der Waals surface area (Å²) in [5, 5.41) is 0.988. The number of rotatable bonds is 8. The number of ketones is 1. The summed E-state index contributed by atoms with van der Waals surface area (Å²) in [5.41, 5.74) is 2.22. The molecule has 30 heavy (non-hydrogen) atoms. The Hall–Kier alpha value is -2.66. The molecular formula is C25H28N2O2S. The number of ether oxygens (including phenoxy) is 1. The van der Waals surface area contributed by atoms with Gasteiger partial charge in [-0.2, -0.15) is 0 Å². The maximum absolute atomic E-state index is 13.0. The lowest BCUT2D eigenvalue weighted by atomic mass is 10.2. The number of carbonyl (C=O) groups excluding carboxylic acids is 1. The summed E-state index contributed by atoms with van der Waals surface area (Å²) in [7, 11) is 0. The van der Waals surface area contributed by atoms with Crippen molar-refractivity contribution in [2.75, 3.05) is 22.9 Å². The summed E-state index contributed by atoms with van der Waals surface area (Å²) in [6.45, 7) is 6.11. The third-order valence-electron chi connectivity index (χ3n) is 5.28. The summed E-state index contributed by atoms with van der Waals surface area (Å²) in [4.78, 5) is 18.6. The van der Waals surface area contributed by atoms with Crippen molar-refractivity contribution < 1.29 is 9.53 Å². The highest BCUT2D eigenvalue weighted by molar-refractivity contribution is 8.03. The van der Waals surface area contributed by atoms with Crippen LogP contribution in [-0.2, 0) is 4.79 Å². The molecule has 2 heterocycles. The standard InChI is InChI=1S/C25H28N2O2S/c1-3-5-15-26-20-11-7-9-13-22(20)29-24(26)17-19(28)18-25-27(16-6-4-2)21-12-8-10-14-23(21)30-25/h7-14,17-18H,3-6,15-16H2,1-2H3/b24-17-,25-18-. The Bertz CT molecular complexity index is 905. The van der Waals surface area contributed by atoms with E-state index in [1.165, 1.54) is 10.6 Å². The highest BCUT2D eigenvalue weighted by atomic mass is 32.2. The Labute approximate surface area is 183 Å². The number of benzene rings is 2. The van der Waals surface area contributed by atoms with Crippen molar-refractivity contribution >= 4 is 28.9 Å². The van der Waals surface area contributed by atoms with Crippen LogP contribution in [0.2, 0.25) is 0 Å². The van der Waals surface area contributed by atoms with Gasteiger partial charge in [0.25, 0.3) is 0 Å². The van der Waals surface area contributed by atoms with Crippen LogP contribution < -0.4 is 14.5 Å². The third-order valence-corrected chi connectivity index (χ3v) is 6.39.